The van der Waals surface area contributed by atoms with Crippen LogP contribution in [-0.2, 0) is 0 Å². The van der Waals surface area contributed by atoms with Gasteiger partial charge in [-0.2, -0.15) is 0 Å². The summed E-state index contributed by atoms with van der Waals surface area (Å²) in [6.45, 7) is 0. The Labute approximate surface area is 179 Å². The van der Waals surface area contributed by atoms with Crippen molar-refractivity contribution >= 4 is 35.1 Å². The first-order chi connectivity index (χ1) is 14.8. The van der Waals surface area contributed by atoms with Crippen molar-refractivity contribution in [3.8, 4) is 11.5 Å². The van der Waals surface area contributed by atoms with Gasteiger partial charge in [-0.1, -0.05) is 17.7 Å². The topological polar surface area (TPSA) is 95.7 Å². The first kappa shape index (κ1) is 20.2. The van der Waals surface area contributed by atoms with E-state index in [1.165, 1.54) is 66.7 Å². The number of fused-ring (bicyclic) bond motifs is 1. The summed E-state index contributed by atoms with van der Waals surface area (Å²) in [5.74, 6) is -1.71. The number of ketones is 1. The van der Waals surface area contributed by atoms with Crippen molar-refractivity contribution in [1.82, 2.24) is 0 Å². The molecule has 1 aliphatic rings. The number of nitro groups is 1. The summed E-state index contributed by atoms with van der Waals surface area (Å²) in [6, 6.07) is 13.2. The van der Waals surface area contributed by atoms with Crippen molar-refractivity contribution < 1.29 is 28.4 Å². The maximum absolute atomic E-state index is 14.0. The molecule has 0 atom stereocenters. The number of nitrogens with zero attached hydrogens (tertiary/aromatic N) is 1. The second-order valence-corrected chi connectivity index (χ2v) is 6.83. The number of halogens is 2. The van der Waals surface area contributed by atoms with Crippen LogP contribution in [-0.4, -0.2) is 16.7 Å². The number of benzene rings is 3. The maximum atomic E-state index is 14.0. The number of rotatable bonds is 4. The van der Waals surface area contributed by atoms with Gasteiger partial charge in [-0.25, -0.2) is 9.18 Å². The third-order valence-corrected chi connectivity index (χ3v) is 4.77. The SMILES string of the molecule is O=C(Oc1ccc2c(c1)OC(=Cc1c(F)cccc1Cl)C2=O)c1ccc([N+](=O)[O-])cc1. The predicted molar refractivity (Wildman–Crippen MR) is 109 cm³/mol. The Kier molecular flexibility index (Phi) is 5.22. The zero-order valence-electron chi connectivity index (χ0n) is 15.5. The molecule has 0 unspecified atom stereocenters. The van der Waals surface area contributed by atoms with Gasteiger partial charge in [-0.05, 0) is 42.5 Å². The van der Waals surface area contributed by atoms with E-state index in [0.717, 1.165) is 0 Å². The Morgan fingerprint density at radius 1 is 1.13 bits per heavy atom. The number of Topliss-reactive ketones (excluding diaryl/α,β-unsaturated/α-hetero) is 1. The second-order valence-electron chi connectivity index (χ2n) is 6.43. The molecule has 31 heavy (non-hydrogen) atoms. The summed E-state index contributed by atoms with van der Waals surface area (Å²) >= 11 is 5.99. The molecule has 154 valence electrons. The number of nitro benzene ring substituents is 1. The molecule has 0 aromatic heterocycles. The lowest BCUT2D eigenvalue weighted by atomic mass is 10.1. The molecule has 0 bridgehead atoms. The molecular formula is C22H11ClFNO6. The Hall–Kier alpha value is -4.04. The molecule has 1 heterocycles. The van der Waals surface area contributed by atoms with Crippen molar-refractivity contribution in [3.63, 3.8) is 0 Å². The highest BCUT2D eigenvalue weighted by atomic mass is 35.5. The molecule has 0 N–H and O–H groups in total. The average Bonchev–Trinajstić information content (AvgIpc) is 3.05. The van der Waals surface area contributed by atoms with Gasteiger partial charge in [0.25, 0.3) is 5.69 Å². The normalized spacial score (nSPS) is 13.6. The van der Waals surface area contributed by atoms with Crippen LogP contribution in [0.3, 0.4) is 0 Å². The van der Waals surface area contributed by atoms with E-state index >= 15 is 0 Å². The molecule has 0 amide bonds. The van der Waals surface area contributed by atoms with Crippen LogP contribution in [0.15, 0.2) is 66.4 Å². The van der Waals surface area contributed by atoms with E-state index < -0.39 is 22.5 Å². The third-order valence-electron chi connectivity index (χ3n) is 4.44. The van der Waals surface area contributed by atoms with Crippen LogP contribution < -0.4 is 9.47 Å². The summed E-state index contributed by atoms with van der Waals surface area (Å²) in [5, 5.41) is 10.8. The summed E-state index contributed by atoms with van der Waals surface area (Å²) < 4.78 is 24.8. The van der Waals surface area contributed by atoms with E-state index in [1.54, 1.807) is 0 Å². The molecular weight excluding hydrogens is 429 g/mol. The molecule has 0 spiro atoms. The van der Waals surface area contributed by atoms with Gasteiger partial charge in [0.05, 0.1) is 21.1 Å². The second kappa shape index (κ2) is 8.00. The van der Waals surface area contributed by atoms with Crippen LogP contribution in [0, 0.1) is 15.9 Å². The Morgan fingerprint density at radius 3 is 2.55 bits per heavy atom. The fourth-order valence-electron chi connectivity index (χ4n) is 2.90. The van der Waals surface area contributed by atoms with Gasteiger partial charge < -0.3 is 9.47 Å². The molecule has 0 fully saturated rings. The lowest BCUT2D eigenvalue weighted by Crippen LogP contribution is -2.08. The van der Waals surface area contributed by atoms with E-state index in [9.17, 15) is 24.1 Å². The number of esters is 1. The van der Waals surface area contributed by atoms with E-state index in [-0.39, 0.29) is 44.7 Å². The van der Waals surface area contributed by atoms with E-state index in [4.69, 9.17) is 21.1 Å². The zero-order chi connectivity index (χ0) is 22.1. The highest BCUT2D eigenvalue weighted by Crippen LogP contribution is 2.36. The van der Waals surface area contributed by atoms with Crippen molar-refractivity contribution in [2.75, 3.05) is 0 Å². The fraction of sp³-hybridized carbons (Fsp3) is 0. The van der Waals surface area contributed by atoms with Crippen LogP contribution in [0.1, 0.15) is 26.3 Å². The molecule has 0 aliphatic carbocycles. The number of non-ortho nitro benzene ring substituents is 1. The summed E-state index contributed by atoms with van der Waals surface area (Å²) in [6.07, 6.45) is 1.21. The Balaban J connectivity index is 1.55. The van der Waals surface area contributed by atoms with Crippen LogP contribution in [0.4, 0.5) is 10.1 Å². The lowest BCUT2D eigenvalue weighted by Gasteiger charge is -2.06. The molecule has 7 nitrogen and oxygen atoms in total. The van der Waals surface area contributed by atoms with E-state index in [1.807, 2.05) is 0 Å². The standard InChI is InChI=1S/C22H11ClFNO6/c23-17-2-1-3-18(24)16(17)11-20-21(26)15-9-8-14(10-19(15)31-20)30-22(27)12-4-6-13(7-5-12)25(28)29/h1-11H. The van der Waals surface area contributed by atoms with Gasteiger partial charge in [0.1, 0.15) is 17.3 Å². The molecule has 0 saturated carbocycles. The largest absolute Gasteiger partial charge is 0.452 e. The van der Waals surface area contributed by atoms with Gasteiger partial charge in [-0.3, -0.25) is 14.9 Å². The van der Waals surface area contributed by atoms with Gasteiger partial charge in [0, 0.05) is 23.8 Å². The zero-order valence-corrected chi connectivity index (χ0v) is 16.3. The highest BCUT2D eigenvalue weighted by Gasteiger charge is 2.28. The summed E-state index contributed by atoms with van der Waals surface area (Å²) in [5.41, 5.74) is 0.187. The van der Waals surface area contributed by atoms with Gasteiger partial charge in [0.15, 0.2) is 5.76 Å². The van der Waals surface area contributed by atoms with Crippen LogP contribution in [0.5, 0.6) is 11.5 Å². The molecule has 0 radical (unpaired) electrons. The number of carbonyl (C=O) groups excluding carboxylic acids is 2. The Bertz CT molecular complexity index is 1250. The molecule has 3 aromatic carbocycles. The minimum absolute atomic E-state index is 0.0187. The van der Waals surface area contributed by atoms with Crippen molar-refractivity contribution in [3.05, 3.63) is 104 Å². The number of allylic oxidation sites excluding steroid dienone is 1. The molecule has 4 rings (SSSR count). The van der Waals surface area contributed by atoms with Gasteiger partial charge in [-0.15, -0.1) is 0 Å². The first-order valence-electron chi connectivity index (χ1n) is 8.82. The fourth-order valence-corrected chi connectivity index (χ4v) is 3.11. The number of carbonyl (C=O) groups is 2. The molecule has 0 saturated heterocycles. The molecule has 3 aromatic rings. The summed E-state index contributed by atoms with van der Waals surface area (Å²) in [4.78, 5) is 34.9. The number of hydrogen-bond donors (Lipinski definition) is 0. The predicted octanol–water partition coefficient (Wildman–Crippen LogP) is 5.22. The maximum Gasteiger partial charge on any atom is 0.343 e. The smallest absolute Gasteiger partial charge is 0.343 e. The Morgan fingerprint density at radius 2 is 1.87 bits per heavy atom. The van der Waals surface area contributed by atoms with Gasteiger partial charge >= 0.3 is 5.97 Å². The van der Waals surface area contributed by atoms with Crippen molar-refractivity contribution in [2.45, 2.75) is 0 Å². The summed E-state index contributed by atoms with van der Waals surface area (Å²) in [7, 11) is 0. The van der Waals surface area contributed by atoms with Crippen LogP contribution in [0.2, 0.25) is 5.02 Å². The van der Waals surface area contributed by atoms with Crippen LogP contribution in [0.25, 0.3) is 6.08 Å². The van der Waals surface area contributed by atoms with E-state index in [2.05, 4.69) is 0 Å². The quantitative estimate of drug-likeness (QED) is 0.182. The third kappa shape index (κ3) is 4.01. The average molecular weight is 440 g/mol. The lowest BCUT2D eigenvalue weighted by molar-refractivity contribution is -0.384. The monoisotopic (exact) mass is 439 g/mol. The van der Waals surface area contributed by atoms with Gasteiger partial charge in [0.2, 0.25) is 5.78 Å². The van der Waals surface area contributed by atoms with Crippen molar-refractivity contribution in [1.29, 1.82) is 0 Å². The van der Waals surface area contributed by atoms with Crippen LogP contribution >= 0.6 is 11.6 Å². The first-order valence-corrected chi connectivity index (χ1v) is 9.20. The molecule has 1 aliphatic heterocycles. The number of ether oxygens (including phenoxy) is 2. The molecule has 9 heteroatoms. The van der Waals surface area contributed by atoms with Crippen molar-refractivity contribution in [2.24, 2.45) is 0 Å². The highest BCUT2D eigenvalue weighted by molar-refractivity contribution is 6.32. The minimum Gasteiger partial charge on any atom is -0.452 e. The number of hydrogen-bond acceptors (Lipinski definition) is 6. The van der Waals surface area contributed by atoms with E-state index in [0.29, 0.717) is 0 Å². The minimum atomic E-state index is -0.743.